The first-order chi connectivity index (χ1) is 16.0. The Morgan fingerprint density at radius 1 is 1.09 bits per heavy atom. The number of nitrogens with one attached hydrogen (secondary N) is 2. The lowest BCUT2D eigenvalue weighted by molar-refractivity contribution is -0.122. The zero-order valence-corrected chi connectivity index (χ0v) is 19.5. The second-order valence-corrected chi connectivity index (χ2v) is 9.04. The van der Waals surface area contributed by atoms with E-state index in [1.165, 1.54) is 11.8 Å². The number of aliphatic imine (C=N–C) groups is 1. The van der Waals surface area contributed by atoms with Gasteiger partial charge in [-0.25, -0.2) is 4.99 Å². The monoisotopic (exact) mass is 479 g/mol. The van der Waals surface area contributed by atoms with Crippen molar-refractivity contribution < 1.29 is 14.3 Å². The van der Waals surface area contributed by atoms with E-state index in [0.29, 0.717) is 28.2 Å². The highest BCUT2D eigenvalue weighted by Crippen LogP contribution is 2.28. The van der Waals surface area contributed by atoms with Crippen LogP contribution >= 0.6 is 23.4 Å². The molecule has 1 fully saturated rings. The van der Waals surface area contributed by atoms with Gasteiger partial charge in [-0.3, -0.25) is 9.59 Å². The molecular formula is C25H22ClN3O3S. The first-order valence-electron chi connectivity index (χ1n) is 10.4. The number of amides is 2. The molecule has 8 heteroatoms. The van der Waals surface area contributed by atoms with Crippen LogP contribution in [0.2, 0.25) is 5.02 Å². The molecule has 0 bridgehead atoms. The van der Waals surface area contributed by atoms with Gasteiger partial charge in [0.15, 0.2) is 5.17 Å². The molecule has 1 atom stereocenters. The summed E-state index contributed by atoms with van der Waals surface area (Å²) in [5.41, 5.74) is 3.20. The molecule has 3 aromatic carbocycles. The van der Waals surface area contributed by atoms with Crippen LogP contribution in [0.25, 0.3) is 0 Å². The summed E-state index contributed by atoms with van der Waals surface area (Å²) in [6.07, 6.45) is 0.0355. The van der Waals surface area contributed by atoms with Crippen LogP contribution in [-0.4, -0.2) is 22.2 Å². The van der Waals surface area contributed by atoms with Gasteiger partial charge in [0.05, 0.1) is 5.69 Å². The molecular weight excluding hydrogens is 458 g/mol. The number of hydrogen-bond donors (Lipinski definition) is 2. The van der Waals surface area contributed by atoms with Crippen LogP contribution in [0.5, 0.6) is 5.75 Å². The number of rotatable bonds is 7. The maximum atomic E-state index is 12.4. The Morgan fingerprint density at radius 2 is 1.85 bits per heavy atom. The number of nitrogens with zero attached hydrogens (tertiary/aromatic N) is 1. The van der Waals surface area contributed by atoms with E-state index in [0.717, 1.165) is 16.9 Å². The van der Waals surface area contributed by atoms with Gasteiger partial charge in [0.25, 0.3) is 0 Å². The lowest BCUT2D eigenvalue weighted by Gasteiger charge is -2.10. The molecule has 2 amide bonds. The molecule has 4 rings (SSSR count). The normalized spacial score (nSPS) is 16.5. The standard InChI is InChI=1S/C25H22ClN3O3S/c1-16-20(26)8-5-9-21(16)28-23(30)14-22-24(31)29-25(33-22)27-18-10-12-19(13-11-18)32-15-17-6-3-2-4-7-17/h2-13,22H,14-15H2,1H3,(H,28,30)(H,27,29,31)/t22-/m0/s1. The highest BCUT2D eigenvalue weighted by Gasteiger charge is 2.32. The molecule has 3 aromatic rings. The van der Waals surface area contributed by atoms with Crippen LogP contribution in [0.1, 0.15) is 17.5 Å². The van der Waals surface area contributed by atoms with Crippen LogP contribution in [0.4, 0.5) is 11.4 Å². The summed E-state index contributed by atoms with van der Waals surface area (Å²) in [5.74, 6) is 0.241. The fourth-order valence-corrected chi connectivity index (χ4v) is 4.34. The largest absolute Gasteiger partial charge is 0.489 e. The van der Waals surface area contributed by atoms with Gasteiger partial charge in [-0.15, -0.1) is 0 Å². The van der Waals surface area contributed by atoms with E-state index in [9.17, 15) is 9.59 Å². The summed E-state index contributed by atoms with van der Waals surface area (Å²) in [7, 11) is 0. The fourth-order valence-electron chi connectivity index (χ4n) is 3.18. The predicted molar refractivity (Wildman–Crippen MR) is 133 cm³/mol. The Kier molecular flexibility index (Phi) is 7.32. The number of hydrogen-bond acceptors (Lipinski definition) is 5. The Hall–Kier alpha value is -3.29. The number of carbonyl (C=O) groups is 2. The van der Waals surface area contributed by atoms with Gasteiger partial charge in [0.2, 0.25) is 11.8 Å². The summed E-state index contributed by atoms with van der Waals surface area (Å²) in [5, 5.41) is 6.07. The minimum atomic E-state index is -0.545. The molecule has 0 aliphatic carbocycles. The highest BCUT2D eigenvalue weighted by molar-refractivity contribution is 8.15. The molecule has 1 saturated heterocycles. The van der Waals surface area contributed by atoms with E-state index in [1.54, 1.807) is 18.2 Å². The molecule has 0 aromatic heterocycles. The summed E-state index contributed by atoms with van der Waals surface area (Å²) in [6, 6.07) is 22.5. The predicted octanol–water partition coefficient (Wildman–Crippen LogP) is 5.48. The Labute approximate surface area is 201 Å². The first kappa shape index (κ1) is 22.9. The second-order valence-electron chi connectivity index (χ2n) is 7.45. The topological polar surface area (TPSA) is 79.8 Å². The quantitative estimate of drug-likeness (QED) is 0.470. The smallest absolute Gasteiger partial charge is 0.240 e. The summed E-state index contributed by atoms with van der Waals surface area (Å²) in [6.45, 7) is 2.32. The molecule has 2 N–H and O–H groups in total. The number of ether oxygens (including phenoxy) is 1. The number of thioether (sulfide) groups is 1. The van der Waals surface area contributed by atoms with E-state index < -0.39 is 5.25 Å². The van der Waals surface area contributed by atoms with Gasteiger partial charge in [-0.05, 0) is 54.4 Å². The molecule has 33 heavy (non-hydrogen) atoms. The minimum Gasteiger partial charge on any atom is -0.489 e. The number of halogens is 1. The molecule has 6 nitrogen and oxygen atoms in total. The van der Waals surface area contributed by atoms with Crippen molar-refractivity contribution in [3.63, 3.8) is 0 Å². The van der Waals surface area contributed by atoms with Crippen LogP contribution in [0.3, 0.4) is 0 Å². The maximum absolute atomic E-state index is 12.4. The van der Waals surface area contributed by atoms with Crippen molar-refractivity contribution in [2.75, 3.05) is 5.32 Å². The van der Waals surface area contributed by atoms with Crippen LogP contribution in [0.15, 0.2) is 77.8 Å². The molecule has 0 unspecified atom stereocenters. The SMILES string of the molecule is Cc1c(Cl)cccc1NC(=O)C[C@@H]1SC(=Nc2ccc(OCc3ccccc3)cc2)NC1=O. The van der Waals surface area contributed by atoms with E-state index in [4.69, 9.17) is 16.3 Å². The van der Waals surface area contributed by atoms with Crippen molar-refractivity contribution in [3.05, 3.63) is 88.9 Å². The van der Waals surface area contributed by atoms with Gasteiger partial charge in [-0.1, -0.05) is 59.8 Å². The lowest BCUT2D eigenvalue weighted by Crippen LogP contribution is -2.28. The number of amidine groups is 1. The first-order valence-corrected chi connectivity index (χ1v) is 11.6. The van der Waals surface area contributed by atoms with Crippen molar-refractivity contribution in [1.82, 2.24) is 5.32 Å². The number of anilines is 1. The van der Waals surface area contributed by atoms with Crippen LogP contribution < -0.4 is 15.4 Å². The third-order valence-electron chi connectivity index (χ3n) is 5.00. The average Bonchev–Trinajstić information content (AvgIpc) is 3.15. The van der Waals surface area contributed by atoms with Crippen molar-refractivity contribution >= 4 is 51.7 Å². The van der Waals surface area contributed by atoms with Gasteiger partial charge < -0.3 is 15.4 Å². The Morgan fingerprint density at radius 3 is 2.61 bits per heavy atom. The van der Waals surface area contributed by atoms with Crippen molar-refractivity contribution in [1.29, 1.82) is 0 Å². The summed E-state index contributed by atoms with van der Waals surface area (Å²) in [4.78, 5) is 29.2. The van der Waals surface area contributed by atoms with Crippen LogP contribution in [0, 0.1) is 6.92 Å². The molecule has 1 aliphatic heterocycles. The third-order valence-corrected chi connectivity index (χ3v) is 6.50. The fraction of sp³-hybridized carbons (Fsp3) is 0.160. The number of carbonyl (C=O) groups excluding carboxylic acids is 2. The van der Waals surface area contributed by atoms with Gasteiger partial charge in [-0.2, -0.15) is 0 Å². The minimum absolute atomic E-state index is 0.0355. The van der Waals surface area contributed by atoms with E-state index in [-0.39, 0.29) is 18.2 Å². The summed E-state index contributed by atoms with van der Waals surface area (Å²) < 4.78 is 5.78. The lowest BCUT2D eigenvalue weighted by atomic mass is 10.2. The highest BCUT2D eigenvalue weighted by atomic mass is 35.5. The van der Waals surface area contributed by atoms with Gasteiger partial charge in [0, 0.05) is 17.1 Å². The number of benzene rings is 3. The molecule has 1 aliphatic rings. The van der Waals surface area contributed by atoms with Crippen molar-refractivity contribution in [2.45, 2.75) is 25.2 Å². The van der Waals surface area contributed by atoms with Crippen molar-refractivity contribution in [2.24, 2.45) is 4.99 Å². The van der Waals surface area contributed by atoms with Gasteiger partial charge >= 0.3 is 0 Å². The molecule has 0 radical (unpaired) electrons. The van der Waals surface area contributed by atoms with Gasteiger partial charge in [0.1, 0.15) is 17.6 Å². The van der Waals surface area contributed by atoms with Crippen LogP contribution in [-0.2, 0) is 16.2 Å². The Balaban J connectivity index is 1.32. The maximum Gasteiger partial charge on any atom is 0.240 e. The molecule has 0 spiro atoms. The molecule has 0 saturated carbocycles. The van der Waals surface area contributed by atoms with Crippen molar-refractivity contribution in [3.8, 4) is 5.75 Å². The molecule has 168 valence electrons. The van der Waals surface area contributed by atoms with E-state index >= 15 is 0 Å². The zero-order valence-electron chi connectivity index (χ0n) is 17.9. The Bertz CT molecular complexity index is 1180. The summed E-state index contributed by atoms with van der Waals surface area (Å²) >= 11 is 7.34. The van der Waals surface area contributed by atoms with E-state index in [1.807, 2.05) is 61.5 Å². The third kappa shape index (κ3) is 6.15. The second kappa shape index (κ2) is 10.6. The zero-order chi connectivity index (χ0) is 23.2. The molecule has 1 heterocycles. The average molecular weight is 480 g/mol. The van der Waals surface area contributed by atoms with E-state index in [2.05, 4.69) is 15.6 Å².